The van der Waals surface area contributed by atoms with Crippen molar-refractivity contribution in [3.63, 3.8) is 0 Å². The number of halogens is 1. The fourth-order valence-electron chi connectivity index (χ4n) is 3.34. The van der Waals surface area contributed by atoms with Crippen LogP contribution in [0, 0.1) is 0 Å². The fourth-order valence-corrected chi connectivity index (χ4v) is 3.60. The second-order valence-electron chi connectivity index (χ2n) is 6.26. The highest BCUT2D eigenvalue weighted by atomic mass is 79.9. The van der Waals surface area contributed by atoms with Gasteiger partial charge in [0.1, 0.15) is 0 Å². The lowest BCUT2D eigenvalue weighted by Crippen LogP contribution is -2.40. The van der Waals surface area contributed by atoms with Gasteiger partial charge in [-0.25, -0.2) is 4.79 Å². The van der Waals surface area contributed by atoms with Crippen LogP contribution in [0.25, 0.3) is 0 Å². The molecule has 1 aliphatic rings. The Bertz CT molecular complexity index is 792. The Labute approximate surface area is 155 Å². The predicted octanol–water partition coefficient (Wildman–Crippen LogP) is 3.53. The highest BCUT2D eigenvalue weighted by Gasteiger charge is 2.32. The van der Waals surface area contributed by atoms with Gasteiger partial charge < -0.3 is 16.0 Å². The zero-order chi connectivity index (χ0) is 18.0. The Morgan fingerprint density at radius 3 is 2.60 bits per heavy atom. The number of fused-ring (bicyclic) bond motifs is 1. The quantitative estimate of drug-likeness (QED) is 0.821. The summed E-state index contributed by atoms with van der Waals surface area (Å²) in [5, 5.41) is 2.68. The maximum Gasteiger partial charge on any atom is 0.312 e. The van der Waals surface area contributed by atoms with Gasteiger partial charge in [0, 0.05) is 16.2 Å². The van der Waals surface area contributed by atoms with Gasteiger partial charge in [0.15, 0.2) is 0 Å². The van der Waals surface area contributed by atoms with Gasteiger partial charge in [0.25, 0.3) is 0 Å². The Hall–Kier alpha value is -2.34. The monoisotopic (exact) mass is 401 g/mol. The molecule has 0 bridgehead atoms. The Kier molecular flexibility index (Phi) is 5.08. The lowest BCUT2D eigenvalue weighted by molar-refractivity contribution is -0.119. The molecule has 0 unspecified atom stereocenters. The van der Waals surface area contributed by atoms with E-state index < -0.39 is 12.1 Å². The van der Waals surface area contributed by atoms with Crippen molar-refractivity contribution < 1.29 is 9.59 Å². The zero-order valence-corrected chi connectivity index (χ0v) is 15.5. The van der Waals surface area contributed by atoms with Crippen LogP contribution >= 0.6 is 15.9 Å². The van der Waals surface area contributed by atoms with Crippen molar-refractivity contribution in [3.8, 4) is 0 Å². The Morgan fingerprint density at radius 2 is 1.92 bits per heavy atom. The third-order valence-electron chi connectivity index (χ3n) is 4.44. The van der Waals surface area contributed by atoms with Gasteiger partial charge in [-0.05, 0) is 42.7 Å². The molecule has 1 heterocycles. The molecule has 0 saturated carbocycles. The normalized spacial score (nSPS) is 17.0. The molecule has 0 aliphatic carbocycles. The summed E-state index contributed by atoms with van der Waals surface area (Å²) >= 11 is 3.39. The number of carbonyl (C=O) groups is 2. The molecule has 0 aromatic heterocycles. The van der Waals surface area contributed by atoms with Crippen LogP contribution in [0.5, 0.6) is 0 Å². The molecule has 3 rings (SSSR count). The van der Waals surface area contributed by atoms with Crippen molar-refractivity contribution in [1.82, 2.24) is 5.32 Å². The predicted molar refractivity (Wildman–Crippen MR) is 101 cm³/mol. The summed E-state index contributed by atoms with van der Waals surface area (Å²) in [5.41, 5.74) is 8.28. The number of nitrogens with zero attached hydrogens (tertiary/aromatic N) is 1. The summed E-state index contributed by atoms with van der Waals surface area (Å²) in [5.74, 6) is -0.0286. The summed E-state index contributed by atoms with van der Waals surface area (Å²) in [7, 11) is 0. The first-order valence-corrected chi connectivity index (χ1v) is 8.96. The topological polar surface area (TPSA) is 75.4 Å². The molecule has 25 heavy (non-hydrogen) atoms. The molecule has 0 fully saturated rings. The first kappa shape index (κ1) is 17.5. The molecule has 3 N–H and O–H groups in total. The van der Waals surface area contributed by atoms with Crippen molar-refractivity contribution in [2.24, 2.45) is 5.73 Å². The average molecular weight is 402 g/mol. The summed E-state index contributed by atoms with van der Waals surface area (Å²) < 4.78 is 0.933. The number of rotatable bonds is 4. The Balaban J connectivity index is 1.83. The fraction of sp³-hybridized carbons (Fsp3) is 0.263. The molecule has 130 valence electrons. The molecule has 3 amide bonds. The standard InChI is InChI=1S/C19H20BrN3O2/c1-12-10-14-4-2-3-5-17(14)23(12)18(24)11-16(22-19(21)25)13-6-8-15(20)9-7-13/h2-9,12,16H,10-11H2,1H3,(H3,21,22,25)/t12-,16+/m0/s1. The van der Waals surface area contributed by atoms with Crippen molar-refractivity contribution in [3.05, 3.63) is 64.1 Å². The zero-order valence-electron chi connectivity index (χ0n) is 13.9. The van der Waals surface area contributed by atoms with Crippen molar-refractivity contribution in [2.45, 2.75) is 31.8 Å². The van der Waals surface area contributed by atoms with Gasteiger partial charge in [-0.15, -0.1) is 0 Å². The number of anilines is 1. The molecule has 0 radical (unpaired) electrons. The van der Waals surface area contributed by atoms with Gasteiger partial charge in [-0.2, -0.15) is 0 Å². The molecule has 6 heteroatoms. The summed E-state index contributed by atoms with van der Waals surface area (Å²) in [4.78, 5) is 26.2. The SMILES string of the molecule is C[C@H]1Cc2ccccc2N1C(=O)C[C@@H](NC(N)=O)c1ccc(Br)cc1. The molecule has 2 aromatic carbocycles. The van der Waals surface area contributed by atoms with E-state index in [-0.39, 0.29) is 18.4 Å². The highest BCUT2D eigenvalue weighted by molar-refractivity contribution is 9.10. The van der Waals surface area contributed by atoms with Crippen LogP contribution in [0.15, 0.2) is 53.0 Å². The van der Waals surface area contributed by atoms with Crippen molar-refractivity contribution >= 4 is 33.6 Å². The number of hydrogen-bond acceptors (Lipinski definition) is 2. The highest BCUT2D eigenvalue weighted by Crippen LogP contribution is 2.33. The van der Waals surface area contributed by atoms with Crippen molar-refractivity contribution in [1.29, 1.82) is 0 Å². The van der Waals surface area contributed by atoms with Crippen molar-refractivity contribution in [2.75, 3.05) is 4.90 Å². The van der Waals surface area contributed by atoms with Gasteiger partial charge in [0.2, 0.25) is 5.91 Å². The maximum atomic E-state index is 13.0. The third kappa shape index (κ3) is 3.85. The summed E-state index contributed by atoms with van der Waals surface area (Å²) in [6, 6.07) is 14.4. The van der Waals surface area contributed by atoms with E-state index in [1.807, 2.05) is 60.4 Å². The minimum absolute atomic E-state index is 0.0286. The number of benzene rings is 2. The van der Waals surface area contributed by atoms with Crippen LogP contribution < -0.4 is 16.0 Å². The number of nitrogens with one attached hydrogen (secondary N) is 1. The van der Waals surface area contributed by atoms with E-state index in [0.717, 1.165) is 22.1 Å². The molecule has 0 spiro atoms. The molecule has 2 aromatic rings. The number of carbonyl (C=O) groups excluding carboxylic acids is 2. The first-order valence-electron chi connectivity index (χ1n) is 8.17. The van der Waals surface area contributed by atoms with Gasteiger partial charge >= 0.3 is 6.03 Å². The van der Waals surface area contributed by atoms with E-state index in [0.29, 0.717) is 0 Å². The number of urea groups is 1. The molecule has 0 saturated heterocycles. The molecule has 2 atom stereocenters. The third-order valence-corrected chi connectivity index (χ3v) is 4.97. The van der Waals surface area contributed by atoms with Crippen LogP contribution in [-0.2, 0) is 11.2 Å². The number of amides is 3. The van der Waals surface area contributed by atoms with E-state index in [1.165, 1.54) is 5.56 Å². The van der Waals surface area contributed by atoms with E-state index >= 15 is 0 Å². The average Bonchev–Trinajstić information content (AvgIpc) is 2.90. The summed E-state index contributed by atoms with van der Waals surface area (Å²) in [6.45, 7) is 2.04. The van der Waals surface area contributed by atoms with E-state index in [4.69, 9.17) is 5.73 Å². The van der Waals surface area contributed by atoms with E-state index in [2.05, 4.69) is 21.2 Å². The van der Waals surface area contributed by atoms with E-state index in [9.17, 15) is 9.59 Å². The maximum absolute atomic E-state index is 13.0. The van der Waals surface area contributed by atoms with Crippen LogP contribution in [-0.4, -0.2) is 18.0 Å². The van der Waals surface area contributed by atoms with Gasteiger partial charge in [0.05, 0.1) is 12.5 Å². The smallest absolute Gasteiger partial charge is 0.312 e. The number of nitrogens with two attached hydrogens (primary N) is 1. The molecular formula is C19H20BrN3O2. The van der Waals surface area contributed by atoms with Crippen LogP contribution in [0.2, 0.25) is 0 Å². The number of para-hydroxylation sites is 1. The second kappa shape index (κ2) is 7.27. The number of primary amides is 1. The summed E-state index contributed by atoms with van der Waals surface area (Å²) in [6.07, 6.45) is 0.997. The van der Waals surface area contributed by atoms with Crippen LogP contribution in [0.1, 0.15) is 30.5 Å². The lowest BCUT2D eigenvalue weighted by atomic mass is 10.0. The molecule has 5 nitrogen and oxygen atoms in total. The number of hydrogen-bond donors (Lipinski definition) is 2. The van der Waals surface area contributed by atoms with Gasteiger partial charge in [-0.3, -0.25) is 4.79 Å². The van der Waals surface area contributed by atoms with Crippen LogP contribution in [0.4, 0.5) is 10.5 Å². The van der Waals surface area contributed by atoms with Crippen LogP contribution in [0.3, 0.4) is 0 Å². The minimum Gasteiger partial charge on any atom is -0.352 e. The molecular weight excluding hydrogens is 382 g/mol. The largest absolute Gasteiger partial charge is 0.352 e. The van der Waals surface area contributed by atoms with Gasteiger partial charge in [-0.1, -0.05) is 46.3 Å². The molecule has 1 aliphatic heterocycles. The second-order valence-corrected chi connectivity index (χ2v) is 7.18. The lowest BCUT2D eigenvalue weighted by Gasteiger charge is -2.26. The Morgan fingerprint density at radius 1 is 1.24 bits per heavy atom. The first-order chi connectivity index (χ1) is 12.0. The van der Waals surface area contributed by atoms with E-state index in [1.54, 1.807) is 0 Å². The minimum atomic E-state index is -0.643.